The van der Waals surface area contributed by atoms with E-state index in [0.29, 0.717) is 6.54 Å². The maximum Gasteiger partial charge on any atom is 0.317 e. The van der Waals surface area contributed by atoms with Gasteiger partial charge < -0.3 is 19.5 Å². The molecule has 0 bridgehead atoms. The molecule has 0 atom stereocenters. The predicted molar refractivity (Wildman–Crippen MR) is 128 cm³/mol. The van der Waals surface area contributed by atoms with Gasteiger partial charge in [0.2, 0.25) is 8.32 Å². The number of carbonyl (C=O) groups excluding carboxylic acids is 1. The Morgan fingerprint density at radius 1 is 1.10 bits per heavy atom. The van der Waals surface area contributed by atoms with Crippen molar-refractivity contribution in [1.29, 1.82) is 0 Å². The van der Waals surface area contributed by atoms with Crippen molar-refractivity contribution in [3.8, 4) is 5.75 Å². The highest BCUT2D eigenvalue weighted by Gasteiger charge is 2.39. The van der Waals surface area contributed by atoms with Crippen molar-refractivity contribution < 1.29 is 9.22 Å². The van der Waals surface area contributed by atoms with Gasteiger partial charge in [0.05, 0.1) is 8.07 Å². The van der Waals surface area contributed by atoms with E-state index in [4.69, 9.17) is 4.43 Å². The molecule has 2 rings (SSSR count). The number of piperazine rings is 1. The largest absolute Gasteiger partial charge is 0.544 e. The number of carbonyl (C=O) groups is 1. The number of benzene rings is 1. The Balaban J connectivity index is 2.02. The highest BCUT2D eigenvalue weighted by Crippen LogP contribution is 2.37. The number of hydrogen-bond acceptors (Lipinski definition) is 3. The molecule has 1 aromatic carbocycles. The van der Waals surface area contributed by atoms with Crippen LogP contribution < -0.4 is 14.9 Å². The van der Waals surface area contributed by atoms with Gasteiger partial charge in [-0.05, 0) is 43.4 Å². The van der Waals surface area contributed by atoms with E-state index in [-0.39, 0.29) is 11.1 Å². The van der Waals surface area contributed by atoms with E-state index in [1.165, 1.54) is 5.19 Å². The molecule has 1 N–H and O–H groups in total. The van der Waals surface area contributed by atoms with E-state index in [0.717, 1.165) is 38.1 Å². The average molecular weight is 436 g/mol. The summed E-state index contributed by atoms with van der Waals surface area (Å²) in [6, 6.07) is 8.89. The van der Waals surface area contributed by atoms with Crippen molar-refractivity contribution in [2.75, 3.05) is 38.9 Å². The standard InChI is InChI=1S/C22H41N3O2Si2/c1-9-23-21(26)25-15-13-24(14-16-25)18-28(5,6)20-12-10-11-19(17-20)27-29(7,8)22(2,3)4/h10-12,17H,9,13-16,18H2,1-8H3,(H,23,26). The van der Waals surface area contributed by atoms with Crippen molar-refractivity contribution in [3.05, 3.63) is 24.3 Å². The Bertz CT molecular complexity index is 694. The van der Waals surface area contributed by atoms with Crippen LogP contribution in [0.3, 0.4) is 0 Å². The van der Waals surface area contributed by atoms with Gasteiger partial charge in [-0.2, -0.15) is 0 Å². The Morgan fingerprint density at radius 3 is 2.28 bits per heavy atom. The van der Waals surface area contributed by atoms with Crippen LogP contribution in [0.2, 0.25) is 31.2 Å². The minimum absolute atomic E-state index is 0.0686. The predicted octanol–water partition coefficient (Wildman–Crippen LogP) is 3.87. The normalized spacial score (nSPS) is 16.6. The fraction of sp³-hybridized carbons (Fsp3) is 0.682. The monoisotopic (exact) mass is 435 g/mol. The van der Waals surface area contributed by atoms with Gasteiger partial charge in [0.1, 0.15) is 5.75 Å². The van der Waals surface area contributed by atoms with Gasteiger partial charge in [-0.15, -0.1) is 0 Å². The maximum atomic E-state index is 12.0. The summed E-state index contributed by atoms with van der Waals surface area (Å²) >= 11 is 0. The lowest BCUT2D eigenvalue weighted by atomic mass is 10.2. The molecule has 0 radical (unpaired) electrons. The van der Waals surface area contributed by atoms with Crippen LogP contribution in [-0.2, 0) is 0 Å². The molecule has 7 heteroatoms. The van der Waals surface area contributed by atoms with E-state index in [2.05, 4.69) is 81.4 Å². The van der Waals surface area contributed by atoms with Crippen molar-refractivity contribution in [3.63, 3.8) is 0 Å². The van der Waals surface area contributed by atoms with Gasteiger partial charge >= 0.3 is 6.03 Å². The number of nitrogens with one attached hydrogen (secondary N) is 1. The van der Waals surface area contributed by atoms with Crippen LogP contribution in [0.1, 0.15) is 27.7 Å². The lowest BCUT2D eigenvalue weighted by Gasteiger charge is -2.39. The van der Waals surface area contributed by atoms with Crippen molar-refractivity contribution >= 4 is 27.6 Å². The van der Waals surface area contributed by atoms with Crippen LogP contribution in [0.25, 0.3) is 0 Å². The first-order valence-corrected chi connectivity index (χ1v) is 17.0. The van der Waals surface area contributed by atoms with Crippen LogP contribution in [-0.4, -0.2) is 71.1 Å². The summed E-state index contributed by atoms with van der Waals surface area (Å²) in [5.41, 5.74) is 0. The van der Waals surface area contributed by atoms with Crippen molar-refractivity contribution in [2.24, 2.45) is 0 Å². The SMILES string of the molecule is CCNC(=O)N1CCN(C[Si](C)(C)c2cccc(O[Si](C)(C)C(C)(C)C)c2)CC1. The third kappa shape index (κ3) is 6.33. The number of nitrogens with zero attached hydrogens (tertiary/aromatic N) is 2. The van der Waals surface area contributed by atoms with Crippen LogP contribution in [0.15, 0.2) is 24.3 Å². The molecule has 0 spiro atoms. The van der Waals surface area contributed by atoms with Gasteiger partial charge in [-0.25, -0.2) is 4.79 Å². The Kier molecular flexibility index (Phi) is 7.62. The molecule has 0 unspecified atom stereocenters. The van der Waals surface area contributed by atoms with Crippen LogP contribution in [0, 0.1) is 0 Å². The summed E-state index contributed by atoms with van der Waals surface area (Å²) < 4.78 is 6.55. The minimum atomic E-state index is -1.83. The molecule has 0 saturated carbocycles. The van der Waals surface area contributed by atoms with E-state index < -0.39 is 16.4 Å². The summed E-state index contributed by atoms with van der Waals surface area (Å²) in [7, 11) is -3.48. The second kappa shape index (κ2) is 9.22. The fourth-order valence-corrected chi connectivity index (χ4v) is 7.17. The first-order chi connectivity index (χ1) is 13.4. The molecule has 5 nitrogen and oxygen atoms in total. The first-order valence-electron chi connectivity index (χ1n) is 10.9. The first kappa shape index (κ1) is 24.0. The summed E-state index contributed by atoms with van der Waals surface area (Å²) in [5.74, 6) is 1.02. The highest BCUT2D eigenvalue weighted by molar-refractivity contribution is 6.90. The number of hydrogen-bond donors (Lipinski definition) is 1. The Hall–Kier alpha value is -1.32. The van der Waals surface area contributed by atoms with E-state index in [1.54, 1.807) is 0 Å². The molecule has 1 heterocycles. The summed E-state index contributed by atoms with van der Waals surface area (Å²) in [6.45, 7) is 22.5. The van der Waals surface area contributed by atoms with Gasteiger partial charge in [0.25, 0.3) is 0 Å². The average Bonchev–Trinajstić information content (AvgIpc) is 2.61. The van der Waals surface area contributed by atoms with Crippen LogP contribution in [0.4, 0.5) is 4.79 Å². The van der Waals surface area contributed by atoms with Crippen molar-refractivity contribution in [1.82, 2.24) is 15.1 Å². The molecule has 1 aromatic rings. The van der Waals surface area contributed by atoms with Gasteiger partial charge in [0.15, 0.2) is 0 Å². The zero-order valence-electron chi connectivity index (χ0n) is 19.8. The number of urea groups is 1. The molecule has 1 fully saturated rings. The molecule has 164 valence electrons. The van der Waals surface area contributed by atoms with Crippen LogP contribution in [0.5, 0.6) is 5.75 Å². The van der Waals surface area contributed by atoms with E-state index in [9.17, 15) is 4.79 Å². The molecule has 0 aromatic heterocycles. The second-order valence-corrected chi connectivity index (χ2v) is 19.8. The molecular formula is C22H41N3O2Si2. The number of rotatable bonds is 6. The smallest absolute Gasteiger partial charge is 0.317 e. The number of amides is 2. The molecule has 1 aliphatic rings. The molecule has 1 aliphatic heterocycles. The fourth-order valence-electron chi connectivity index (χ4n) is 3.45. The quantitative estimate of drug-likeness (QED) is 0.690. The lowest BCUT2D eigenvalue weighted by molar-refractivity contribution is 0.150. The summed E-state index contributed by atoms with van der Waals surface area (Å²) in [4.78, 5) is 16.5. The zero-order valence-corrected chi connectivity index (χ0v) is 21.8. The second-order valence-electron chi connectivity index (χ2n) is 10.4. The third-order valence-electron chi connectivity index (χ3n) is 6.40. The molecule has 29 heavy (non-hydrogen) atoms. The van der Waals surface area contributed by atoms with Gasteiger partial charge in [0, 0.05) is 32.7 Å². The van der Waals surface area contributed by atoms with Crippen LogP contribution >= 0.6 is 0 Å². The topological polar surface area (TPSA) is 44.8 Å². The summed E-state index contributed by atoms with van der Waals surface area (Å²) in [5, 5.41) is 4.54. The summed E-state index contributed by atoms with van der Waals surface area (Å²) in [6.07, 6.45) is 1.11. The maximum absolute atomic E-state index is 12.0. The minimum Gasteiger partial charge on any atom is -0.544 e. The van der Waals surface area contributed by atoms with Crippen molar-refractivity contribution in [2.45, 2.75) is 58.9 Å². The molecule has 1 saturated heterocycles. The molecular weight excluding hydrogens is 394 g/mol. The van der Waals surface area contributed by atoms with Gasteiger partial charge in [-0.3, -0.25) is 0 Å². The Labute approximate surface area is 179 Å². The van der Waals surface area contributed by atoms with E-state index in [1.807, 2.05) is 11.8 Å². The van der Waals surface area contributed by atoms with Gasteiger partial charge in [-0.1, -0.05) is 51.2 Å². The lowest BCUT2D eigenvalue weighted by Crippen LogP contribution is -2.58. The Morgan fingerprint density at radius 2 is 1.72 bits per heavy atom. The molecule has 2 amide bonds. The zero-order chi connectivity index (χ0) is 21.9. The van der Waals surface area contributed by atoms with E-state index >= 15 is 0 Å². The third-order valence-corrected chi connectivity index (χ3v) is 13.9. The highest BCUT2D eigenvalue weighted by atomic mass is 28.4. The molecule has 0 aliphatic carbocycles.